The number of rotatable bonds is 6. The van der Waals surface area contributed by atoms with E-state index in [1.54, 1.807) is 19.2 Å². The monoisotopic (exact) mass is 343 g/mol. The molecule has 0 atom stereocenters. The van der Waals surface area contributed by atoms with E-state index in [1.165, 1.54) is 0 Å². The first-order valence-electron chi connectivity index (χ1n) is 8.00. The van der Waals surface area contributed by atoms with E-state index in [0.717, 1.165) is 22.3 Å². The summed E-state index contributed by atoms with van der Waals surface area (Å²) in [4.78, 5) is 7.91. The Morgan fingerprint density at radius 2 is 1.92 bits per heavy atom. The van der Waals surface area contributed by atoms with Crippen molar-refractivity contribution in [3.8, 4) is 5.75 Å². The van der Waals surface area contributed by atoms with Crippen molar-refractivity contribution in [1.29, 1.82) is 0 Å². The Bertz CT molecular complexity index is 884. The molecule has 0 spiro atoms. The quantitative estimate of drug-likeness (QED) is 0.714. The largest absolute Gasteiger partial charge is 0.496 e. The van der Waals surface area contributed by atoms with Crippen LogP contribution in [0.1, 0.15) is 23.4 Å². The van der Waals surface area contributed by atoms with Gasteiger partial charge in [0.2, 0.25) is 0 Å². The van der Waals surface area contributed by atoms with Crippen LogP contribution in [0.5, 0.6) is 5.75 Å². The number of ether oxygens (including phenoxy) is 1. The fourth-order valence-electron chi connectivity index (χ4n) is 2.75. The second-order valence-corrected chi connectivity index (χ2v) is 5.74. The van der Waals surface area contributed by atoms with Crippen molar-refractivity contribution in [2.75, 3.05) is 19.0 Å². The van der Waals surface area contributed by atoms with Gasteiger partial charge in [-0.15, -0.1) is 0 Å². The molecule has 0 aliphatic heterocycles. The number of nitrogens with zero attached hydrogens (tertiary/aromatic N) is 2. The molecule has 3 rings (SSSR count). The van der Waals surface area contributed by atoms with Gasteiger partial charge in [0.1, 0.15) is 11.6 Å². The average molecular weight is 343 g/mol. The topological polar surface area (TPSA) is 47.0 Å². The van der Waals surface area contributed by atoms with Crippen LogP contribution in [0.15, 0.2) is 42.5 Å². The number of fused-ring (bicyclic) bond motifs is 1. The first-order chi connectivity index (χ1) is 12.1. The molecule has 0 unspecified atom stereocenters. The molecule has 0 bridgehead atoms. The maximum Gasteiger partial charge on any atom is 0.297 e. The zero-order valence-corrected chi connectivity index (χ0v) is 14.1. The van der Waals surface area contributed by atoms with E-state index in [0.29, 0.717) is 24.3 Å². The molecule has 3 aromatic rings. The zero-order chi connectivity index (χ0) is 17.8. The molecule has 0 saturated heterocycles. The summed E-state index contributed by atoms with van der Waals surface area (Å²) in [7, 11) is 1.63. The van der Waals surface area contributed by atoms with Crippen molar-refractivity contribution in [2.45, 2.75) is 19.8 Å². The Hall–Kier alpha value is -2.76. The van der Waals surface area contributed by atoms with Crippen molar-refractivity contribution >= 4 is 16.7 Å². The minimum absolute atomic E-state index is 0.424. The van der Waals surface area contributed by atoms with E-state index in [-0.39, 0.29) is 0 Å². The van der Waals surface area contributed by atoms with Crippen LogP contribution >= 0.6 is 0 Å². The summed E-state index contributed by atoms with van der Waals surface area (Å²) in [5.41, 5.74) is 2.70. The number of alkyl halides is 2. The number of hydrogen-bond donors (Lipinski definition) is 1. The minimum Gasteiger partial charge on any atom is -0.496 e. The van der Waals surface area contributed by atoms with Crippen molar-refractivity contribution in [1.82, 2.24) is 9.97 Å². The number of aryl methyl sites for hydroxylation is 1. The minimum atomic E-state index is -2.71. The summed E-state index contributed by atoms with van der Waals surface area (Å²) < 4.78 is 31.4. The summed E-state index contributed by atoms with van der Waals surface area (Å²) in [6.07, 6.45) is -2.02. The normalized spacial score (nSPS) is 11.1. The fraction of sp³-hybridized carbons (Fsp3) is 0.263. The first kappa shape index (κ1) is 17.1. The Balaban J connectivity index is 1.82. The van der Waals surface area contributed by atoms with Gasteiger partial charge in [0.15, 0.2) is 5.82 Å². The van der Waals surface area contributed by atoms with Crippen molar-refractivity contribution in [3.05, 3.63) is 59.4 Å². The van der Waals surface area contributed by atoms with E-state index in [4.69, 9.17) is 4.74 Å². The van der Waals surface area contributed by atoms with Crippen LogP contribution in [0.2, 0.25) is 0 Å². The summed E-state index contributed by atoms with van der Waals surface area (Å²) in [6.45, 7) is 2.56. The van der Waals surface area contributed by atoms with Crippen LogP contribution in [-0.2, 0) is 6.42 Å². The Labute approximate surface area is 144 Å². The average Bonchev–Trinajstić information content (AvgIpc) is 2.61. The first-order valence-corrected chi connectivity index (χ1v) is 8.00. The number of methoxy groups -OCH3 is 1. The lowest BCUT2D eigenvalue weighted by Gasteiger charge is -2.12. The standard InChI is InChI=1S/C19H19F2N3O/c1-12-7-8-16(25-2)13(11-12)9-10-22-18-14-5-3-4-6-15(14)23-19(24-18)17(20)21/h3-8,11,17H,9-10H2,1-2H3,(H,22,23,24). The van der Waals surface area contributed by atoms with Crippen LogP contribution in [-0.4, -0.2) is 23.6 Å². The molecule has 0 fully saturated rings. The van der Waals surface area contributed by atoms with Crippen LogP contribution in [0, 0.1) is 6.92 Å². The zero-order valence-electron chi connectivity index (χ0n) is 14.1. The molecule has 1 N–H and O–H groups in total. The Morgan fingerprint density at radius 3 is 2.68 bits per heavy atom. The smallest absolute Gasteiger partial charge is 0.297 e. The molecule has 1 aromatic heterocycles. The summed E-state index contributed by atoms with van der Waals surface area (Å²) in [6, 6.07) is 13.1. The summed E-state index contributed by atoms with van der Waals surface area (Å²) in [5.74, 6) is 0.773. The van der Waals surface area contributed by atoms with Gasteiger partial charge in [0.05, 0.1) is 12.6 Å². The van der Waals surface area contributed by atoms with Gasteiger partial charge in [-0.05, 0) is 37.1 Å². The van der Waals surface area contributed by atoms with E-state index in [9.17, 15) is 8.78 Å². The number of nitrogens with one attached hydrogen (secondary N) is 1. The van der Waals surface area contributed by atoms with Crippen molar-refractivity contribution in [2.24, 2.45) is 0 Å². The Kier molecular flexibility index (Phi) is 5.07. The highest BCUT2D eigenvalue weighted by Gasteiger charge is 2.15. The molecule has 0 aliphatic rings. The van der Waals surface area contributed by atoms with Gasteiger partial charge in [0.25, 0.3) is 6.43 Å². The maximum absolute atomic E-state index is 13.0. The predicted octanol–water partition coefficient (Wildman–Crippen LogP) is 4.54. The lowest BCUT2D eigenvalue weighted by Crippen LogP contribution is -2.10. The van der Waals surface area contributed by atoms with Crippen molar-refractivity contribution < 1.29 is 13.5 Å². The van der Waals surface area contributed by atoms with Crippen LogP contribution < -0.4 is 10.1 Å². The van der Waals surface area contributed by atoms with Gasteiger partial charge in [-0.2, -0.15) is 0 Å². The van der Waals surface area contributed by atoms with Gasteiger partial charge >= 0.3 is 0 Å². The van der Waals surface area contributed by atoms with Crippen LogP contribution in [0.25, 0.3) is 10.9 Å². The second-order valence-electron chi connectivity index (χ2n) is 5.74. The third kappa shape index (κ3) is 3.84. The molecular weight excluding hydrogens is 324 g/mol. The number of anilines is 1. The number of benzene rings is 2. The van der Waals surface area contributed by atoms with Gasteiger partial charge in [0, 0.05) is 11.9 Å². The number of hydrogen-bond acceptors (Lipinski definition) is 4. The molecule has 130 valence electrons. The fourth-order valence-corrected chi connectivity index (χ4v) is 2.75. The van der Waals surface area contributed by atoms with Gasteiger partial charge < -0.3 is 10.1 Å². The summed E-state index contributed by atoms with van der Waals surface area (Å²) in [5, 5.41) is 3.89. The van der Waals surface area contributed by atoms with Crippen molar-refractivity contribution in [3.63, 3.8) is 0 Å². The van der Waals surface area contributed by atoms with Crippen LogP contribution in [0.3, 0.4) is 0 Å². The van der Waals surface area contributed by atoms with E-state index < -0.39 is 12.2 Å². The van der Waals surface area contributed by atoms with Gasteiger partial charge in [-0.3, -0.25) is 0 Å². The second kappa shape index (κ2) is 7.42. The van der Waals surface area contributed by atoms with Crippen LogP contribution in [0.4, 0.5) is 14.6 Å². The molecule has 4 nitrogen and oxygen atoms in total. The lowest BCUT2D eigenvalue weighted by atomic mass is 10.1. The molecule has 0 amide bonds. The number of para-hydroxylation sites is 1. The predicted molar refractivity (Wildman–Crippen MR) is 94.4 cm³/mol. The van der Waals surface area contributed by atoms with E-state index >= 15 is 0 Å². The number of aromatic nitrogens is 2. The molecular formula is C19H19F2N3O. The highest BCUT2D eigenvalue weighted by Crippen LogP contribution is 2.25. The molecule has 25 heavy (non-hydrogen) atoms. The molecule has 0 saturated carbocycles. The number of halogens is 2. The highest BCUT2D eigenvalue weighted by atomic mass is 19.3. The molecule has 0 aliphatic carbocycles. The van der Waals surface area contributed by atoms with E-state index in [2.05, 4.69) is 21.4 Å². The molecule has 1 heterocycles. The SMILES string of the molecule is COc1ccc(C)cc1CCNc1nc(C(F)F)nc2ccccc12. The maximum atomic E-state index is 13.0. The highest BCUT2D eigenvalue weighted by molar-refractivity contribution is 5.89. The van der Waals surface area contributed by atoms with Gasteiger partial charge in [-0.25, -0.2) is 18.7 Å². The molecule has 0 radical (unpaired) electrons. The molecule has 2 aromatic carbocycles. The Morgan fingerprint density at radius 1 is 1.12 bits per heavy atom. The van der Waals surface area contributed by atoms with E-state index in [1.807, 2.05) is 31.2 Å². The third-order valence-electron chi connectivity index (χ3n) is 3.94. The van der Waals surface area contributed by atoms with Gasteiger partial charge in [-0.1, -0.05) is 29.8 Å². The lowest BCUT2D eigenvalue weighted by molar-refractivity contribution is 0.141. The third-order valence-corrected chi connectivity index (χ3v) is 3.94. The summed E-state index contributed by atoms with van der Waals surface area (Å²) >= 11 is 0. The molecule has 6 heteroatoms.